The summed E-state index contributed by atoms with van der Waals surface area (Å²) < 4.78 is 5.90. The molecule has 21 heavy (non-hydrogen) atoms. The molecule has 108 valence electrons. The molecule has 1 aliphatic rings. The van der Waals surface area contributed by atoms with Crippen molar-refractivity contribution in [1.82, 2.24) is 0 Å². The summed E-state index contributed by atoms with van der Waals surface area (Å²) in [5, 5.41) is 2.93. The van der Waals surface area contributed by atoms with Crippen LogP contribution in [-0.2, 0) is 11.2 Å². The number of aryl methyl sites for hydroxylation is 2. The van der Waals surface area contributed by atoms with Gasteiger partial charge in [-0.2, -0.15) is 0 Å². The number of para-hydroxylation sites is 1. The van der Waals surface area contributed by atoms with Gasteiger partial charge in [0, 0.05) is 11.4 Å². The third-order valence-corrected chi connectivity index (χ3v) is 3.71. The van der Waals surface area contributed by atoms with Crippen molar-refractivity contribution in [3.8, 4) is 5.75 Å². The van der Waals surface area contributed by atoms with E-state index in [1.54, 1.807) is 6.07 Å². The van der Waals surface area contributed by atoms with Gasteiger partial charge in [-0.3, -0.25) is 4.79 Å². The topological polar surface area (TPSA) is 64.3 Å². The Hall–Kier alpha value is -2.49. The minimum absolute atomic E-state index is 0.101. The van der Waals surface area contributed by atoms with Gasteiger partial charge < -0.3 is 15.8 Å². The van der Waals surface area contributed by atoms with Gasteiger partial charge in [0.25, 0.3) is 5.91 Å². The molecule has 0 aromatic heterocycles. The van der Waals surface area contributed by atoms with E-state index in [1.807, 2.05) is 43.3 Å². The molecule has 4 heteroatoms. The minimum Gasteiger partial charge on any atom is -0.480 e. The van der Waals surface area contributed by atoms with E-state index in [2.05, 4.69) is 5.32 Å². The molecule has 0 aliphatic carbocycles. The number of benzene rings is 2. The largest absolute Gasteiger partial charge is 0.480 e. The first-order valence-corrected chi connectivity index (χ1v) is 7.05. The predicted octanol–water partition coefficient (Wildman–Crippen LogP) is 2.91. The van der Waals surface area contributed by atoms with Crippen LogP contribution >= 0.6 is 0 Å². The number of nitrogens with two attached hydrogens (primary N) is 1. The molecule has 0 bridgehead atoms. The Balaban J connectivity index is 1.80. The van der Waals surface area contributed by atoms with E-state index in [-0.39, 0.29) is 5.91 Å². The Morgan fingerprint density at radius 1 is 1.24 bits per heavy atom. The van der Waals surface area contributed by atoms with Crippen molar-refractivity contribution in [3.05, 3.63) is 53.6 Å². The normalized spacial score (nSPS) is 17.6. The summed E-state index contributed by atoms with van der Waals surface area (Å²) in [5.41, 5.74) is 9.38. The summed E-state index contributed by atoms with van der Waals surface area (Å²) in [6.07, 6.45) is 0.986. The van der Waals surface area contributed by atoms with E-state index < -0.39 is 6.10 Å². The van der Waals surface area contributed by atoms with Gasteiger partial charge in [0.2, 0.25) is 0 Å². The number of rotatable bonds is 2. The summed E-state index contributed by atoms with van der Waals surface area (Å²) in [5.74, 6) is 0.603. The van der Waals surface area contributed by atoms with Crippen molar-refractivity contribution in [2.75, 3.05) is 11.1 Å². The summed E-state index contributed by atoms with van der Waals surface area (Å²) >= 11 is 0. The molecule has 1 unspecified atom stereocenters. The van der Waals surface area contributed by atoms with Crippen molar-refractivity contribution in [1.29, 1.82) is 0 Å². The first-order chi connectivity index (χ1) is 10.1. The van der Waals surface area contributed by atoms with E-state index >= 15 is 0 Å². The van der Waals surface area contributed by atoms with Crippen molar-refractivity contribution in [2.24, 2.45) is 0 Å². The lowest BCUT2D eigenvalue weighted by Crippen LogP contribution is -2.32. The Morgan fingerprint density at radius 3 is 2.86 bits per heavy atom. The first-order valence-electron chi connectivity index (χ1n) is 7.05. The number of anilines is 2. The molecular weight excluding hydrogens is 264 g/mol. The van der Waals surface area contributed by atoms with Gasteiger partial charge in [0.15, 0.2) is 6.10 Å². The van der Waals surface area contributed by atoms with Crippen LogP contribution in [0.1, 0.15) is 17.5 Å². The van der Waals surface area contributed by atoms with Gasteiger partial charge >= 0.3 is 0 Å². The van der Waals surface area contributed by atoms with Gasteiger partial charge in [0.05, 0.1) is 0 Å². The molecule has 1 heterocycles. The molecule has 0 saturated carbocycles. The Bertz CT molecular complexity index is 682. The maximum atomic E-state index is 12.3. The summed E-state index contributed by atoms with van der Waals surface area (Å²) in [6, 6.07) is 13.3. The van der Waals surface area contributed by atoms with E-state index in [1.165, 1.54) is 0 Å². The van der Waals surface area contributed by atoms with Crippen molar-refractivity contribution < 1.29 is 9.53 Å². The monoisotopic (exact) mass is 282 g/mol. The number of nitrogen functional groups attached to an aromatic ring is 1. The van der Waals surface area contributed by atoms with Crippen LogP contribution in [0.5, 0.6) is 5.75 Å². The second kappa shape index (κ2) is 5.48. The zero-order valence-corrected chi connectivity index (χ0v) is 11.9. The molecular formula is C17H18N2O2. The zero-order chi connectivity index (χ0) is 14.8. The molecule has 0 radical (unpaired) electrons. The second-order valence-electron chi connectivity index (χ2n) is 5.32. The fraction of sp³-hybridized carbons (Fsp3) is 0.235. The van der Waals surface area contributed by atoms with Crippen LogP contribution in [0.15, 0.2) is 42.5 Å². The lowest BCUT2D eigenvalue weighted by atomic mass is 10.1. The van der Waals surface area contributed by atoms with E-state index in [9.17, 15) is 4.79 Å². The third-order valence-electron chi connectivity index (χ3n) is 3.71. The van der Waals surface area contributed by atoms with Gasteiger partial charge in [-0.05, 0) is 55.2 Å². The van der Waals surface area contributed by atoms with Crippen LogP contribution in [0.3, 0.4) is 0 Å². The van der Waals surface area contributed by atoms with Crippen LogP contribution in [-0.4, -0.2) is 12.0 Å². The summed E-state index contributed by atoms with van der Waals surface area (Å²) in [7, 11) is 0. The fourth-order valence-corrected chi connectivity index (χ4v) is 2.56. The summed E-state index contributed by atoms with van der Waals surface area (Å²) in [6.45, 7) is 1.93. The number of carbonyl (C=O) groups excluding carboxylic acids is 1. The highest BCUT2D eigenvalue weighted by Gasteiger charge is 2.25. The lowest BCUT2D eigenvalue weighted by molar-refractivity contribution is -0.122. The average molecular weight is 282 g/mol. The molecule has 1 amide bonds. The number of carbonyl (C=O) groups is 1. The maximum absolute atomic E-state index is 12.3. The van der Waals surface area contributed by atoms with Crippen LogP contribution in [0.25, 0.3) is 0 Å². The number of ether oxygens (including phenoxy) is 1. The highest BCUT2D eigenvalue weighted by atomic mass is 16.5. The predicted molar refractivity (Wildman–Crippen MR) is 83.4 cm³/mol. The molecule has 2 aromatic carbocycles. The molecule has 3 rings (SSSR count). The molecule has 1 aliphatic heterocycles. The van der Waals surface area contributed by atoms with Crippen LogP contribution < -0.4 is 15.8 Å². The highest BCUT2D eigenvalue weighted by molar-refractivity contribution is 5.95. The molecule has 0 spiro atoms. The molecule has 0 saturated heterocycles. The molecule has 0 fully saturated rings. The second-order valence-corrected chi connectivity index (χ2v) is 5.32. The van der Waals surface area contributed by atoms with E-state index in [0.717, 1.165) is 23.2 Å². The average Bonchev–Trinajstić information content (AvgIpc) is 2.61. The van der Waals surface area contributed by atoms with Gasteiger partial charge in [0.1, 0.15) is 5.75 Å². The van der Waals surface area contributed by atoms with Crippen molar-refractivity contribution >= 4 is 17.3 Å². The molecule has 4 nitrogen and oxygen atoms in total. The zero-order valence-electron chi connectivity index (χ0n) is 11.9. The summed E-state index contributed by atoms with van der Waals surface area (Å²) in [4.78, 5) is 12.3. The van der Waals surface area contributed by atoms with Gasteiger partial charge in [-0.15, -0.1) is 0 Å². The molecule has 3 N–H and O–H groups in total. The Morgan fingerprint density at radius 2 is 2.05 bits per heavy atom. The quantitative estimate of drug-likeness (QED) is 0.832. The number of nitrogens with one attached hydrogen (secondary N) is 1. The lowest BCUT2D eigenvalue weighted by Gasteiger charge is -2.17. The van der Waals surface area contributed by atoms with Crippen LogP contribution in [0.4, 0.5) is 11.4 Å². The SMILES string of the molecule is Cc1cc(N)ccc1OC1CCc2ccccc2NC1=O. The van der Waals surface area contributed by atoms with E-state index in [4.69, 9.17) is 10.5 Å². The third kappa shape index (κ3) is 2.84. The van der Waals surface area contributed by atoms with E-state index in [0.29, 0.717) is 17.9 Å². The number of fused-ring (bicyclic) bond motifs is 1. The Kier molecular flexibility index (Phi) is 3.52. The minimum atomic E-state index is -0.486. The van der Waals surface area contributed by atoms with Gasteiger partial charge in [-0.1, -0.05) is 18.2 Å². The number of hydrogen-bond acceptors (Lipinski definition) is 3. The van der Waals surface area contributed by atoms with Crippen molar-refractivity contribution in [2.45, 2.75) is 25.9 Å². The fourth-order valence-electron chi connectivity index (χ4n) is 2.56. The van der Waals surface area contributed by atoms with Crippen LogP contribution in [0.2, 0.25) is 0 Å². The standard InChI is InChI=1S/C17H18N2O2/c1-11-10-13(18)7-9-15(11)21-16-8-6-12-4-2-3-5-14(12)19-17(16)20/h2-5,7,9-10,16H,6,8,18H2,1H3,(H,19,20). The Labute approximate surface area is 123 Å². The smallest absolute Gasteiger partial charge is 0.265 e. The maximum Gasteiger partial charge on any atom is 0.265 e. The molecule has 1 atom stereocenters. The number of amides is 1. The molecule has 2 aromatic rings. The number of hydrogen-bond donors (Lipinski definition) is 2. The van der Waals surface area contributed by atoms with Crippen molar-refractivity contribution in [3.63, 3.8) is 0 Å². The first kappa shape index (κ1) is 13.5. The highest BCUT2D eigenvalue weighted by Crippen LogP contribution is 2.26. The van der Waals surface area contributed by atoms with Crippen LogP contribution in [0, 0.1) is 6.92 Å². The van der Waals surface area contributed by atoms with Gasteiger partial charge in [-0.25, -0.2) is 0 Å².